The van der Waals surface area contributed by atoms with E-state index in [1.165, 1.54) is 0 Å². The zero-order valence-corrected chi connectivity index (χ0v) is 13.2. The van der Waals surface area contributed by atoms with Crippen LogP contribution in [0, 0.1) is 17.0 Å². The van der Waals surface area contributed by atoms with Gasteiger partial charge in [-0.05, 0) is 19.8 Å². The van der Waals surface area contributed by atoms with Gasteiger partial charge in [0.1, 0.15) is 5.69 Å². The minimum Gasteiger partial charge on any atom is -0.378 e. The van der Waals surface area contributed by atoms with E-state index in [-0.39, 0.29) is 11.8 Å². The maximum Gasteiger partial charge on any atom is 0.332 e. The van der Waals surface area contributed by atoms with Crippen LogP contribution in [0.15, 0.2) is 0 Å². The molecule has 9 heteroatoms. The highest BCUT2D eigenvalue weighted by atomic mass is 16.6. The van der Waals surface area contributed by atoms with Gasteiger partial charge < -0.3 is 19.7 Å². The minimum atomic E-state index is -0.413. The van der Waals surface area contributed by atoms with Crippen molar-refractivity contribution in [2.75, 3.05) is 49.7 Å². The first-order valence-electron chi connectivity index (χ1n) is 7.86. The number of hydrogen-bond donors (Lipinski definition) is 1. The van der Waals surface area contributed by atoms with Crippen molar-refractivity contribution in [2.24, 2.45) is 0 Å². The van der Waals surface area contributed by atoms with E-state index in [0.717, 1.165) is 19.4 Å². The lowest BCUT2D eigenvalue weighted by Gasteiger charge is -2.27. The highest BCUT2D eigenvalue weighted by Crippen LogP contribution is 2.30. The Hall–Kier alpha value is -2.00. The molecular formula is C14H21N5O4. The molecule has 1 unspecified atom stereocenters. The van der Waals surface area contributed by atoms with E-state index in [1.54, 1.807) is 6.92 Å². The van der Waals surface area contributed by atoms with Crippen LogP contribution in [0.1, 0.15) is 18.5 Å². The first-order chi connectivity index (χ1) is 11.1. The predicted octanol–water partition coefficient (Wildman–Crippen LogP) is 1.12. The van der Waals surface area contributed by atoms with E-state index >= 15 is 0 Å². The number of hydrogen-bond acceptors (Lipinski definition) is 8. The highest BCUT2D eigenvalue weighted by molar-refractivity contribution is 5.62. The molecule has 0 aliphatic carbocycles. The lowest BCUT2D eigenvalue weighted by molar-refractivity contribution is -0.385. The van der Waals surface area contributed by atoms with E-state index in [4.69, 9.17) is 9.47 Å². The Morgan fingerprint density at radius 1 is 1.35 bits per heavy atom. The molecule has 2 saturated heterocycles. The minimum absolute atomic E-state index is 0.0328. The fourth-order valence-electron chi connectivity index (χ4n) is 2.85. The molecule has 1 atom stereocenters. The predicted molar refractivity (Wildman–Crippen MR) is 83.9 cm³/mol. The Morgan fingerprint density at radius 3 is 2.78 bits per heavy atom. The van der Waals surface area contributed by atoms with Crippen molar-refractivity contribution in [3.05, 3.63) is 15.8 Å². The average Bonchev–Trinajstić information content (AvgIpc) is 3.06. The summed E-state index contributed by atoms with van der Waals surface area (Å²) in [5.41, 5.74) is 0.330. The van der Waals surface area contributed by atoms with Gasteiger partial charge in [-0.15, -0.1) is 0 Å². The Bertz CT molecular complexity index is 571. The number of rotatable bonds is 5. The summed E-state index contributed by atoms with van der Waals surface area (Å²) < 4.78 is 10.9. The first kappa shape index (κ1) is 15.9. The number of aromatic nitrogens is 2. The number of ether oxygens (including phenoxy) is 2. The first-order valence-corrected chi connectivity index (χ1v) is 7.86. The number of anilines is 2. The molecule has 9 nitrogen and oxygen atoms in total. The molecule has 1 aromatic rings. The molecule has 2 aliphatic heterocycles. The van der Waals surface area contributed by atoms with Crippen LogP contribution in [0.25, 0.3) is 0 Å². The summed E-state index contributed by atoms with van der Waals surface area (Å²) in [6.07, 6.45) is 2.22. The van der Waals surface area contributed by atoms with Crippen molar-refractivity contribution in [2.45, 2.75) is 25.9 Å². The van der Waals surface area contributed by atoms with Gasteiger partial charge in [0.25, 0.3) is 0 Å². The van der Waals surface area contributed by atoms with Crippen LogP contribution < -0.4 is 10.2 Å². The molecule has 0 spiro atoms. The quantitative estimate of drug-likeness (QED) is 0.635. The van der Waals surface area contributed by atoms with E-state index in [0.29, 0.717) is 50.3 Å². The number of nitrogens with zero attached hydrogens (tertiary/aromatic N) is 4. The van der Waals surface area contributed by atoms with Crippen molar-refractivity contribution in [1.29, 1.82) is 0 Å². The molecule has 0 saturated carbocycles. The van der Waals surface area contributed by atoms with Gasteiger partial charge in [-0.1, -0.05) is 0 Å². The fraction of sp³-hybridized carbons (Fsp3) is 0.714. The Balaban J connectivity index is 1.82. The SMILES string of the molecule is Cc1nc(NCC2CCCO2)nc(N2CCOCC2)c1[N+](=O)[O-]. The van der Waals surface area contributed by atoms with Crippen LogP contribution in [-0.4, -0.2) is 60.5 Å². The van der Waals surface area contributed by atoms with E-state index in [9.17, 15) is 10.1 Å². The van der Waals surface area contributed by atoms with Crippen LogP contribution >= 0.6 is 0 Å². The molecule has 1 aromatic heterocycles. The molecule has 0 bridgehead atoms. The van der Waals surface area contributed by atoms with E-state index < -0.39 is 4.92 Å². The Kier molecular flexibility index (Phi) is 4.87. The van der Waals surface area contributed by atoms with Gasteiger partial charge in [0.2, 0.25) is 11.8 Å². The zero-order chi connectivity index (χ0) is 16.2. The molecule has 1 N–H and O–H groups in total. The van der Waals surface area contributed by atoms with Crippen LogP contribution in [0.4, 0.5) is 17.5 Å². The summed E-state index contributed by atoms with van der Waals surface area (Å²) in [5.74, 6) is 0.769. The number of nitro groups is 1. The second-order valence-electron chi connectivity index (χ2n) is 5.68. The number of aryl methyl sites for hydroxylation is 1. The Labute approximate surface area is 134 Å². The van der Waals surface area contributed by atoms with E-state index in [1.807, 2.05) is 4.90 Å². The summed E-state index contributed by atoms with van der Waals surface area (Å²) in [6.45, 7) is 5.29. The standard InChI is InChI=1S/C14H21N5O4/c1-10-12(19(20)21)13(18-4-7-22-8-5-18)17-14(16-10)15-9-11-3-2-6-23-11/h11H,2-9H2,1H3,(H,15,16,17). The molecule has 3 heterocycles. The van der Waals surface area contributed by atoms with Crippen molar-refractivity contribution in [3.8, 4) is 0 Å². The van der Waals surface area contributed by atoms with Crippen LogP contribution in [0.5, 0.6) is 0 Å². The summed E-state index contributed by atoms with van der Waals surface area (Å²) in [5, 5.41) is 14.5. The highest BCUT2D eigenvalue weighted by Gasteiger charge is 2.28. The van der Waals surface area contributed by atoms with Gasteiger partial charge in [0.05, 0.1) is 24.2 Å². The molecule has 0 radical (unpaired) electrons. The van der Waals surface area contributed by atoms with Crippen molar-refractivity contribution in [1.82, 2.24) is 9.97 Å². The number of morpholine rings is 1. The molecule has 0 amide bonds. The second kappa shape index (κ2) is 7.05. The molecule has 23 heavy (non-hydrogen) atoms. The van der Waals surface area contributed by atoms with Gasteiger partial charge >= 0.3 is 5.69 Å². The maximum atomic E-state index is 11.4. The molecular weight excluding hydrogens is 302 g/mol. The topological polar surface area (TPSA) is 103 Å². The van der Waals surface area contributed by atoms with Gasteiger partial charge in [-0.25, -0.2) is 4.98 Å². The van der Waals surface area contributed by atoms with Gasteiger partial charge in [-0.3, -0.25) is 10.1 Å². The van der Waals surface area contributed by atoms with Gasteiger partial charge in [0.15, 0.2) is 0 Å². The third kappa shape index (κ3) is 3.67. The van der Waals surface area contributed by atoms with Crippen LogP contribution in [0.2, 0.25) is 0 Å². The van der Waals surface area contributed by atoms with Gasteiger partial charge in [-0.2, -0.15) is 4.98 Å². The maximum absolute atomic E-state index is 11.4. The lowest BCUT2D eigenvalue weighted by Crippen LogP contribution is -2.37. The Morgan fingerprint density at radius 2 is 2.13 bits per heavy atom. The normalized spacial score (nSPS) is 21.4. The molecule has 2 fully saturated rings. The van der Waals surface area contributed by atoms with E-state index in [2.05, 4.69) is 15.3 Å². The van der Waals surface area contributed by atoms with Crippen molar-refractivity contribution >= 4 is 17.5 Å². The summed E-state index contributed by atoms with van der Waals surface area (Å²) in [4.78, 5) is 21.5. The lowest BCUT2D eigenvalue weighted by atomic mass is 10.2. The number of nitrogens with one attached hydrogen (secondary N) is 1. The third-order valence-corrected chi connectivity index (χ3v) is 4.04. The average molecular weight is 323 g/mol. The molecule has 0 aromatic carbocycles. The van der Waals surface area contributed by atoms with Crippen molar-refractivity contribution < 1.29 is 14.4 Å². The fourth-order valence-corrected chi connectivity index (χ4v) is 2.85. The van der Waals surface area contributed by atoms with Crippen molar-refractivity contribution in [3.63, 3.8) is 0 Å². The van der Waals surface area contributed by atoms with Crippen LogP contribution in [-0.2, 0) is 9.47 Å². The second-order valence-corrected chi connectivity index (χ2v) is 5.68. The third-order valence-electron chi connectivity index (χ3n) is 4.04. The molecule has 2 aliphatic rings. The smallest absolute Gasteiger partial charge is 0.332 e. The summed E-state index contributed by atoms with van der Waals surface area (Å²) in [7, 11) is 0. The summed E-state index contributed by atoms with van der Waals surface area (Å²) >= 11 is 0. The van der Waals surface area contributed by atoms with Crippen LogP contribution in [0.3, 0.4) is 0 Å². The molecule has 3 rings (SSSR count). The zero-order valence-electron chi connectivity index (χ0n) is 13.2. The molecule has 126 valence electrons. The summed E-state index contributed by atoms with van der Waals surface area (Å²) in [6, 6.07) is 0. The van der Waals surface area contributed by atoms with Gasteiger partial charge in [0, 0.05) is 26.2 Å². The largest absolute Gasteiger partial charge is 0.378 e. The monoisotopic (exact) mass is 323 g/mol.